The smallest absolute Gasteiger partial charge is 0.114 e. The second-order valence-electron chi connectivity index (χ2n) is 8.72. The van der Waals surface area contributed by atoms with Crippen molar-refractivity contribution < 1.29 is 19.3 Å². The van der Waals surface area contributed by atoms with Crippen LogP contribution in [0.15, 0.2) is 104 Å². The fourth-order valence-corrected chi connectivity index (χ4v) is 4.18. The number of aliphatic hydroxyl groups is 1. The van der Waals surface area contributed by atoms with Crippen LogP contribution in [0.1, 0.15) is 23.1 Å². The van der Waals surface area contributed by atoms with Crippen LogP contribution in [-0.4, -0.2) is 41.4 Å². The molecule has 0 spiro atoms. The third kappa shape index (κ3) is 9.17. The average molecular weight is 510 g/mol. The van der Waals surface area contributed by atoms with Crippen LogP contribution in [0.5, 0.6) is 0 Å². The van der Waals surface area contributed by atoms with Crippen LogP contribution in [0, 0.1) is 0 Å². The average Bonchev–Trinajstić information content (AvgIpc) is 2.92. The molecule has 0 heterocycles. The highest BCUT2D eigenvalue weighted by atomic mass is 35.5. The van der Waals surface area contributed by atoms with Crippen LogP contribution in [0.4, 0.5) is 0 Å². The largest absolute Gasteiger partial charge is 0.388 e. The predicted octanol–water partition coefficient (Wildman–Crippen LogP) is 5.25. The van der Waals surface area contributed by atoms with Crippen LogP contribution in [0.2, 0.25) is 0 Å². The Labute approximate surface area is 219 Å². The molecule has 3 aromatic carbocycles. The fourth-order valence-electron chi connectivity index (χ4n) is 3.86. The first-order valence-electron chi connectivity index (χ1n) is 12.2. The van der Waals surface area contributed by atoms with Gasteiger partial charge in [-0.3, -0.25) is 0 Å². The summed E-state index contributed by atoms with van der Waals surface area (Å²) in [6, 6.07) is 29.0. The van der Waals surface area contributed by atoms with E-state index in [2.05, 4.69) is 6.58 Å². The molecule has 3 aromatic rings. The lowest BCUT2D eigenvalue weighted by atomic mass is 9.98. The van der Waals surface area contributed by atoms with Crippen molar-refractivity contribution >= 4 is 11.6 Å². The van der Waals surface area contributed by atoms with Gasteiger partial charge in [0.05, 0.1) is 31.8 Å². The number of alkyl halides is 1. The molecule has 1 unspecified atom stereocenters. The molecule has 0 amide bonds. The lowest BCUT2D eigenvalue weighted by Crippen LogP contribution is -2.52. The molecule has 0 aliphatic heterocycles. The van der Waals surface area contributed by atoms with Gasteiger partial charge in [0.2, 0.25) is 0 Å². The molecule has 0 fully saturated rings. The maximum Gasteiger partial charge on any atom is 0.114 e. The zero-order chi connectivity index (χ0) is 25.6. The molecule has 0 aromatic heterocycles. The van der Waals surface area contributed by atoms with Crippen molar-refractivity contribution in [2.45, 2.75) is 56.0 Å². The van der Waals surface area contributed by atoms with Gasteiger partial charge in [-0.2, -0.15) is 0 Å². The Hall–Kier alpha value is -2.51. The van der Waals surface area contributed by atoms with Gasteiger partial charge in [-0.25, -0.2) is 0 Å². The van der Waals surface area contributed by atoms with Crippen LogP contribution < -0.4 is 5.73 Å². The quantitative estimate of drug-likeness (QED) is 0.204. The first-order chi connectivity index (χ1) is 17.6. The van der Waals surface area contributed by atoms with E-state index in [1.165, 1.54) is 0 Å². The Balaban J connectivity index is 1.77. The number of hydrogen-bond acceptors (Lipinski definition) is 5. The molecule has 3 N–H and O–H groups in total. The first kappa shape index (κ1) is 28.1. The van der Waals surface area contributed by atoms with Crippen molar-refractivity contribution in [2.75, 3.05) is 6.61 Å². The number of aliphatic hydroxyl groups excluding tert-OH is 1. The van der Waals surface area contributed by atoms with Crippen LogP contribution in [0.3, 0.4) is 0 Å². The molecule has 0 saturated heterocycles. The summed E-state index contributed by atoms with van der Waals surface area (Å²) in [6.07, 6.45) is -0.224. The van der Waals surface area contributed by atoms with E-state index in [-0.39, 0.29) is 13.2 Å². The summed E-state index contributed by atoms with van der Waals surface area (Å²) >= 11 is 6.86. The number of benzene rings is 3. The minimum atomic E-state index is -0.990. The molecular weight excluding hydrogens is 474 g/mol. The molecular formula is C30H36ClNO4. The molecule has 0 aliphatic carbocycles. The van der Waals surface area contributed by atoms with Crippen molar-refractivity contribution in [3.05, 3.63) is 120 Å². The molecule has 5 atom stereocenters. The number of hydrogen-bond donors (Lipinski definition) is 2. The van der Waals surface area contributed by atoms with Gasteiger partial charge in [-0.05, 0) is 23.1 Å². The Morgan fingerprint density at radius 2 is 1.19 bits per heavy atom. The minimum Gasteiger partial charge on any atom is -0.388 e. The highest BCUT2D eigenvalue weighted by Gasteiger charge is 2.38. The lowest BCUT2D eigenvalue weighted by molar-refractivity contribution is -0.149. The van der Waals surface area contributed by atoms with Crippen molar-refractivity contribution in [1.82, 2.24) is 0 Å². The zero-order valence-corrected chi connectivity index (χ0v) is 21.3. The zero-order valence-electron chi connectivity index (χ0n) is 20.5. The third-order valence-corrected chi connectivity index (χ3v) is 6.41. The van der Waals surface area contributed by atoms with Gasteiger partial charge in [-0.15, -0.1) is 18.2 Å². The molecule has 0 saturated carbocycles. The van der Waals surface area contributed by atoms with Gasteiger partial charge < -0.3 is 25.1 Å². The van der Waals surface area contributed by atoms with E-state index in [1.807, 2.05) is 91.0 Å². The highest BCUT2D eigenvalue weighted by molar-refractivity contribution is 6.21. The Morgan fingerprint density at radius 1 is 0.750 bits per heavy atom. The summed E-state index contributed by atoms with van der Waals surface area (Å²) in [5.74, 6) is 0. The predicted molar refractivity (Wildman–Crippen MR) is 145 cm³/mol. The summed E-state index contributed by atoms with van der Waals surface area (Å²) < 4.78 is 18.4. The van der Waals surface area contributed by atoms with Crippen molar-refractivity contribution in [3.8, 4) is 0 Å². The van der Waals surface area contributed by atoms with Crippen LogP contribution in [-0.2, 0) is 34.0 Å². The Bertz CT molecular complexity index is 990. The Morgan fingerprint density at radius 3 is 1.67 bits per heavy atom. The summed E-state index contributed by atoms with van der Waals surface area (Å²) in [6.45, 7) is 4.80. The third-order valence-electron chi connectivity index (χ3n) is 5.84. The van der Waals surface area contributed by atoms with Crippen molar-refractivity contribution in [2.24, 2.45) is 5.73 Å². The molecule has 5 nitrogen and oxygen atoms in total. The SMILES string of the molecule is C=CCC(N)[C@@H](Cl)[C@@H](OCc1ccccc1)[C@H](OCc1ccccc1)[C@H](O)COCc1ccccc1. The maximum absolute atomic E-state index is 11.2. The van der Waals surface area contributed by atoms with Crippen molar-refractivity contribution in [1.29, 1.82) is 0 Å². The van der Waals surface area contributed by atoms with E-state index in [4.69, 9.17) is 31.5 Å². The van der Waals surface area contributed by atoms with E-state index < -0.39 is 29.7 Å². The van der Waals surface area contributed by atoms with Gasteiger partial charge >= 0.3 is 0 Å². The van der Waals surface area contributed by atoms with Gasteiger partial charge in [0, 0.05) is 6.04 Å². The molecule has 6 heteroatoms. The topological polar surface area (TPSA) is 73.9 Å². The summed E-state index contributed by atoms with van der Waals surface area (Å²) in [5.41, 5.74) is 9.35. The fraction of sp³-hybridized carbons (Fsp3) is 0.333. The summed E-state index contributed by atoms with van der Waals surface area (Å²) in [7, 11) is 0. The second kappa shape index (κ2) is 15.6. The Kier molecular flexibility index (Phi) is 12.1. The molecule has 0 aliphatic rings. The first-order valence-corrected chi connectivity index (χ1v) is 12.6. The monoisotopic (exact) mass is 509 g/mol. The number of halogens is 1. The molecule has 3 rings (SSSR count). The van der Waals surface area contributed by atoms with Gasteiger partial charge in [0.15, 0.2) is 0 Å². The molecule has 0 bridgehead atoms. The van der Waals surface area contributed by atoms with E-state index >= 15 is 0 Å². The van der Waals surface area contributed by atoms with Crippen molar-refractivity contribution in [3.63, 3.8) is 0 Å². The van der Waals surface area contributed by atoms with E-state index in [1.54, 1.807) is 6.08 Å². The summed E-state index contributed by atoms with van der Waals surface area (Å²) in [5, 5.41) is 10.6. The minimum absolute atomic E-state index is 0.0554. The summed E-state index contributed by atoms with van der Waals surface area (Å²) in [4.78, 5) is 0. The standard InChI is InChI=1S/C30H36ClNO4/c1-2-12-26(32)28(31)30(36-21-25-17-10-5-11-18-25)29(35-20-24-15-8-4-9-16-24)27(33)22-34-19-23-13-6-3-7-14-23/h2-11,13-18,26-30,33H,1,12,19-22,32H2/t26?,27-,28-,29-,30-/m1/s1. The maximum atomic E-state index is 11.2. The van der Waals surface area contributed by atoms with Gasteiger partial charge in [0.25, 0.3) is 0 Å². The molecule has 0 radical (unpaired) electrons. The van der Waals surface area contributed by atoms with E-state index in [0.717, 1.165) is 16.7 Å². The highest BCUT2D eigenvalue weighted by Crippen LogP contribution is 2.24. The molecule has 36 heavy (non-hydrogen) atoms. The molecule has 192 valence electrons. The van der Waals surface area contributed by atoms with Crippen LogP contribution >= 0.6 is 11.6 Å². The van der Waals surface area contributed by atoms with Gasteiger partial charge in [0.1, 0.15) is 18.3 Å². The van der Waals surface area contributed by atoms with E-state index in [0.29, 0.717) is 19.6 Å². The number of ether oxygens (including phenoxy) is 3. The van der Waals surface area contributed by atoms with Gasteiger partial charge in [-0.1, -0.05) is 97.1 Å². The van der Waals surface area contributed by atoms with Crippen LogP contribution in [0.25, 0.3) is 0 Å². The normalized spacial score (nSPS) is 15.5. The lowest BCUT2D eigenvalue weighted by Gasteiger charge is -2.35. The van der Waals surface area contributed by atoms with E-state index in [9.17, 15) is 5.11 Å². The second-order valence-corrected chi connectivity index (χ2v) is 9.23. The number of rotatable bonds is 16. The number of nitrogens with two attached hydrogens (primary N) is 1.